The maximum atomic E-state index is 5.69. The Morgan fingerprint density at radius 2 is 2.14 bits per heavy atom. The summed E-state index contributed by atoms with van der Waals surface area (Å²) in [6, 6.07) is 7.77. The van der Waals surface area contributed by atoms with Gasteiger partial charge in [-0.3, -0.25) is 5.43 Å². The largest absolute Gasteiger partial charge is 0.455 e. The summed E-state index contributed by atoms with van der Waals surface area (Å²) in [6.07, 6.45) is 5.84. The molecule has 114 valence electrons. The monoisotopic (exact) mass is 315 g/mol. The van der Waals surface area contributed by atoms with Gasteiger partial charge in [0.25, 0.3) is 0 Å². The molecule has 3 N–H and O–H groups in total. The van der Waals surface area contributed by atoms with Gasteiger partial charge in [-0.25, -0.2) is 4.98 Å². The van der Waals surface area contributed by atoms with Crippen LogP contribution in [0.1, 0.15) is 18.6 Å². The third-order valence-corrected chi connectivity index (χ3v) is 3.55. The van der Waals surface area contributed by atoms with E-state index in [4.69, 9.17) is 10.2 Å². The first kappa shape index (κ1) is 14.5. The summed E-state index contributed by atoms with van der Waals surface area (Å²) in [5.41, 5.74) is 8.70. The Morgan fingerprint density at radius 3 is 2.82 bits per heavy atom. The van der Waals surface area contributed by atoms with Gasteiger partial charge in [0.1, 0.15) is 17.3 Å². The number of nitrogens with two attached hydrogens (primary N) is 1. The lowest BCUT2D eigenvalue weighted by molar-refractivity contribution is 0.574. The molecule has 0 radical (unpaired) electrons. The molecule has 7 heteroatoms. The van der Waals surface area contributed by atoms with Crippen molar-refractivity contribution >= 4 is 29.4 Å². The molecule has 2 aromatic heterocycles. The molecule has 1 fully saturated rings. The summed E-state index contributed by atoms with van der Waals surface area (Å²) in [6.45, 7) is 2.17. The maximum Gasteiger partial charge on any atom is 0.184 e. The molecule has 1 aliphatic rings. The van der Waals surface area contributed by atoms with E-state index in [1.54, 1.807) is 0 Å². The van der Waals surface area contributed by atoms with Gasteiger partial charge < -0.3 is 15.1 Å². The maximum absolute atomic E-state index is 5.69. The molecule has 3 rings (SSSR count). The first-order valence-corrected chi connectivity index (χ1v) is 7.53. The lowest BCUT2D eigenvalue weighted by atomic mass is 10.2. The number of furan rings is 1. The van der Waals surface area contributed by atoms with E-state index in [1.165, 1.54) is 19.1 Å². The van der Waals surface area contributed by atoms with Crippen LogP contribution in [0.3, 0.4) is 0 Å². The van der Waals surface area contributed by atoms with Gasteiger partial charge >= 0.3 is 0 Å². The van der Waals surface area contributed by atoms with Crippen molar-refractivity contribution in [3.8, 4) is 11.3 Å². The normalized spacial score (nSPS) is 14.6. The molecule has 0 spiro atoms. The smallest absolute Gasteiger partial charge is 0.184 e. The predicted octanol–water partition coefficient (Wildman–Crippen LogP) is 2.11. The minimum Gasteiger partial charge on any atom is -0.455 e. The van der Waals surface area contributed by atoms with Crippen LogP contribution >= 0.6 is 12.2 Å². The van der Waals surface area contributed by atoms with Crippen LogP contribution in [0.25, 0.3) is 11.3 Å². The number of pyridine rings is 1. The van der Waals surface area contributed by atoms with Crippen LogP contribution in [0.15, 0.2) is 40.0 Å². The summed E-state index contributed by atoms with van der Waals surface area (Å²) >= 11 is 4.66. The molecule has 0 bridgehead atoms. The van der Waals surface area contributed by atoms with Crippen LogP contribution in [-0.4, -0.2) is 29.4 Å². The van der Waals surface area contributed by atoms with Crippen LogP contribution in [0, 0.1) is 0 Å². The predicted molar refractivity (Wildman–Crippen MR) is 90.9 cm³/mol. The molecule has 6 nitrogen and oxygen atoms in total. The number of hydrogen-bond acceptors (Lipinski definition) is 5. The van der Waals surface area contributed by atoms with Gasteiger partial charge in [-0.15, -0.1) is 0 Å². The zero-order valence-corrected chi connectivity index (χ0v) is 12.8. The molecule has 22 heavy (non-hydrogen) atoms. The summed E-state index contributed by atoms with van der Waals surface area (Å²) in [4.78, 5) is 6.82. The molecular formula is C15H17N5OS. The van der Waals surface area contributed by atoms with Crippen LogP contribution in [0.5, 0.6) is 0 Å². The van der Waals surface area contributed by atoms with Gasteiger partial charge in [-0.1, -0.05) is 0 Å². The van der Waals surface area contributed by atoms with Gasteiger partial charge in [-0.05, 0) is 49.3 Å². The summed E-state index contributed by atoms with van der Waals surface area (Å²) in [7, 11) is 0. The molecule has 2 aromatic rings. The van der Waals surface area contributed by atoms with Crippen molar-refractivity contribution in [2.24, 2.45) is 10.8 Å². The number of hydrazone groups is 1. The fraction of sp³-hybridized carbons (Fsp3) is 0.267. The Balaban J connectivity index is 1.70. The molecule has 0 amide bonds. The number of aromatic nitrogens is 1. The van der Waals surface area contributed by atoms with E-state index in [9.17, 15) is 0 Å². The number of nitrogens with zero attached hydrogens (tertiary/aromatic N) is 3. The Hall–Kier alpha value is -2.41. The van der Waals surface area contributed by atoms with Gasteiger partial charge in [0.15, 0.2) is 5.11 Å². The third-order valence-electron chi connectivity index (χ3n) is 3.46. The molecule has 0 atom stereocenters. The van der Waals surface area contributed by atoms with E-state index in [0.717, 1.165) is 30.2 Å². The fourth-order valence-electron chi connectivity index (χ4n) is 2.40. The number of hydrogen-bond donors (Lipinski definition) is 2. The van der Waals surface area contributed by atoms with Crippen molar-refractivity contribution in [3.63, 3.8) is 0 Å². The quantitative estimate of drug-likeness (QED) is 0.511. The highest BCUT2D eigenvalue weighted by atomic mass is 32.1. The lowest BCUT2D eigenvalue weighted by Crippen LogP contribution is -2.23. The molecule has 1 aliphatic heterocycles. The van der Waals surface area contributed by atoms with E-state index in [1.807, 2.05) is 30.5 Å². The first-order valence-electron chi connectivity index (χ1n) is 7.12. The first-order chi connectivity index (χ1) is 10.7. The zero-order chi connectivity index (χ0) is 15.4. The third kappa shape index (κ3) is 3.43. The van der Waals surface area contributed by atoms with Crippen molar-refractivity contribution in [2.75, 3.05) is 18.0 Å². The summed E-state index contributed by atoms with van der Waals surface area (Å²) in [5, 5.41) is 3.97. The second-order valence-corrected chi connectivity index (χ2v) is 5.48. The minimum atomic E-state index is 0.115. The second-order valence-electron chi connectivity index (χ2n) is 5.04. The Bertz CT molecular complexity index is 673. The van der Waals surface area contributed by atoms with Crippen LogP contribution in [0.4, 0.5) is 5.82 Å². The molecule has 0 saturated carbocycles. The van der Waals surface area contributed by atoms with Gasteiger partial charge in [0.2, 0.25) is 0 Å². The summed E-state index contributed by atoms with van der Waals surface area (Å²) < 4.78 is 5.69. The van der Waals surface area contributed by atoms with Gasteiger partial charge in [0, 0.05) is 24.8 Å². The van der Waals surface area contributed by atoms with Gasteiger partial charge in [-0.2, -0.15) is 5.10 Å². The van der Waals surface area contributed by atoms with E-state index in [2.05, 4.69) is 32.6 Å². The van der Waals surface area contributed by atoms with Gasteiger partial charge in [0.05, 0.1) is 6.21 Å². The van der Waals surface area contributed by atoms with E-state index < -0.39 is 0 Å². The Morgan fingerprint density at radius 1 is 1.32 bits per heavy atom. The number of rotatable bonds is 4. The molecule has 3 heterocycles. The van der Waals surface area contributed by atoms with Crippen molar-refractivity contribution in [1.82, 2.24) is 10.4 Å². The molecular weight excluding hydrogens is 298 g/mol. The highest BCUT2D eigenvalue weighted by molar-refractivity contribution is 7.80. The topological polar surface area (TPSA) is 79.7 Å². The van der Waals surface area contributed by atoms with Crippen LogP contribution in [-0.2, 0) is 0 Å². The highest BCUT2D eigenvalue weighted by Crippen LogP contribution is 2.24. The van der Waals surface area contributed by atoms with Crippen LogP contribution in [0.2, 0.25) is 0 Å². The Labute approximate surface area is 134 Å². The molecule has 0 unspecified atom stereocenters. The van der Waals surface area contributed by atoms with E-state index in [0.29, 0.717) is 5.76 Å². The van der Waals surface area contributed by atoms with E-state index in [-0.39, 0.29) is 5.11 Å². The van der Waals surface area contributed by atoms with Crippen molar-refractivity contribution in [3.05, 3.63) is 36.2 Å². The Kier molecular flexibility index (Phi) is 4.34. The molecule has 1 saturated heterocycles. The number of thiocarbonyl (C=S) groups is 1. The average molecular weight is 315 g/mol. The number of anilines is 1. The lowest BCUT2D eigenvalue weighted by Gasteiger charge is -2.15. The van der Waals surface area contributed by atoms with Crippen molar-refractivity contribution in [1.29, 1.82) is 0 Å². The highest BCUT2D eigenvalue weighted by Gasteiger charge is 2.13. The second kappa shape index (κ2) is 6.57. The summed E-state index contributed by atoms with van der Waals surface area (Å²) in [5.74, 6) is 2.38. The zero-order valence-electron chi connectivity index (χ0n) is 12.0. The van der Waals surface area contributed by atoms with Crippen molar-refractivity contribution in [2.45, 2.75) is 12.8 Å². The average Bonchev–Trinajstić information content (AvgIpc) is 3.19. The number of nitrogens with one attached hydrogen (secondary N) is 1. The molecule has 0 aromatic carbocycles. The van der Waals surface area contributed by atoms with Crippen molar-refractivity contribution < 1.29 is 4.42 Å². The SMILES string of the molecule is NC(=S)N/N=C/c1ccc(-c2ccc(N3CCCC3)nc2)o1. The molecule has 0 aliphatic carbocycles. The standard InChI is InChI=1S/C15H17N5OS/c16-15(22)19-18-10-12-4-5-13(21-12)11-3-6-14(17-9-11)20-7-1-2-8-20/h3-6,9-10H,1-2,7-8H2,(H3,16,19,22)/b18-10+. The fourth-order valence-corrected chi connectivity index (χ4v) is 2.45. The minimum absolute atomic E-state index is 0.115. The van der Waals surface area contributed by atoms with E-state index >= 15 is 0 Å². The van der Waals surface area contributed by atoms with Crippen LogP contribution < -0.4 is 16.1 Å².